The molecule has 1 N–H and O–H groups in total. The van der Waals surface area contributed by atoms with Crippen molar-refractivity contribution in [1.29, 1.82) is 0 Å². The molecule has 2 saturated heterocycles. The number of thiophene rings is 1. The van der Waals surface area contributed by atoms with Gasteiger partial charge in [-0.2, -0.15) is 0 Å². The van der Waals surface area contributed by atoms with Crippen LogP contribution in [0.15, 0.2) is 17.5 Å². The zero-order chi connectivity index (χ0) is 12.2. The highest BCUT2D eigenvalue weighted by Crippen LogP contribution is 2.37. The number of rotatable bonds is 3. The molecule has 0 aliphatic carbocycles. The van der Waals surface area contributed by atoms with Gasteiger partial charge in [-0.15, -0.1) is 36.2 Å². The van der Waals surface area contributed by atoms with E-state index in [9.17, 15) is 0 Å². The zero-order valence-electron chi connectivity index (χ0n) is 11.6. The summed E-state index contributed by atoms with van der Waals surface area (Å²) in [6.45, 7) is 6.51. The van der Waals surface area contributed by atoms with E-state index >= 15 is 0 Å². The number of nitrogens with zero attached hydrogens (tertiary/aromatic N) is 1. The first-order valence-electron chi connectivity index (χ1n) is 7.01. The maximum absolute atomic E-state index is 5.53. The standard InChI is InChI=1S/C14H22N2OS.2ClH/c1-2-13(18-11-1)14(12-3-9-17-10-4-12)16-7-5-15-6-8-16;;/h1-2,11-12,14-15H,3-10H2;2*1H/t14-;;/m1../s1. The first kappa shape index (κ1) is 18.2. The molecule has 0 spiro atoms. The van der Waals surface area contributed by atoms with E-state index in [2.05, 4.69) is 27.7 Å². The largest absolute Gasteiger partial charge is 0.381 e. The van der Waals surface area contributed by atoms with Gasteiger partial charge in [0.05, 0.1) is 0 Å². The molecule has 0 amide bonds. The predicted molar refractivity (Wildman–Crippen MR) is 89.5 cm³/mol. The van der Waals surface area contributed by atoms with Crippen LogP contribution in [0.25, 0.3) is 0 Å². The van der Waals surface area contributed by atoms with Crippen molar-refractivity contribution >= 4 is 36.2 Å². The molecule has 0 radical (unpaired) electrons. The first-order chi connectivity index (χ1) is 8.95. The molecule has 1 aromatic rings. The fourth-order valence-corrected chi connectivity index (χ4v) is 4.11. The van der Waals surface area contributed by atoms with E-state index in [0.717, 1.165) is 32.2 Å². The summed E-state index contributed by atoms with van der Waals surface area (Å²) in [6, 6.07) is 5.12. The van der Waals surface area contributed by atoms with Gasteiger partial charge in [0, 0.05) is 50.3 Å². The number of ether oxygens (including phenoxy) is 1. The lowest BCUT2D eigenvalue weighted by Gasteiger charge is -2.40. The first-order valence-corrected chi connectivity index (χ1v) is 7.89. The molecule has 3 rings (SSSR count). The van der Waals surface area contributed by atoms with Gasteiger partial charge in [-0.1, -0.05) is 6.07 Å². The Morgan fingerprint density at radius 3 is 2.50 bits per heavy atom. The summed E-state index contributed by atoms with van der Waals surface area (Å²) in [5, 5.41) is 5.67. The van der Waals surface area contributed by atoms with E-state index in [4.69, 9.17) is 4.74 Å². The Morgan fingerprint density at radius 1 is 1.20 bits per heavy atom. The van der Waals surface area contributed by atoms with Crippen LogP contribution in [0, 0.1) is 5.92 Å². The molecule has 6 heteroatoms. The van der Waals surface area contributed by atoms with E-state index in [0.29, 0.717) is 6.04 Å². The minimum absolute atomic E-state index is 0. The summed E-state index contributed by atoms with van der Waals surface area (Å²) in [6.07, 6.45) is 2.43. The Bertz CT molecular complexity index is 334. The minimum atomic E-state index is 0. The van der Waals surface area contributed by atoms with Crippen LogP contribution in [0.2, 0.25) is 0 Å². The van der Waals surface area contributed by atoms with Gasteiger partial charge >= 0.3 is 0 Å². The summed E-state index contributed by atoms with van der Waals surface area (Å²) >= 11 is 1.92. The number of hydrogen-bond acceptors (Lipinski definition) is 4. The molecule has 1 atom stereocenters. The monoisotopic (exact) mass is 338 g/mol. The fourth-order valence-electron chi connectivity index (χ4n) is 3.16. The van der Waals surface area contributed by atoms with Crippen LogP contribution >= 0.6 is 36.2 Å². The Balaban J connectivity index is 0.000001000. The molecule has 3 nitrogen and oxygen atoms in total. The van der Waals surface area contributed by atoms with Gasteiger partial charge in [-0.25, -0.2) is 0 Å². The highest BCUT2D eigenvalue weighted by Gasteiger charge is 2.31. The molecule has 20 heavy (non-hydrogen) atoms. The number of piperazine rings is 1. The molecule has 116 valence electrons. The fraction of sp³-hybridized carbons (Fsp3) is 0.714. The summed E-state index contributed by atoms with van der Waals surface area (Å²) in [4.78, 5) is 4.22. The summed E-state index contributed by atoms with van der Waals surface area (Å²) in [5.74, 6) is 0.774. The third kappa shape index (κ3) is 4.33. The molecule has 2 aliphatic rings. The van der Waals surface area contributed by atoms with Crippen LogP contribution in [-0.2, 0) is 4.74 Å². The molecule has 0 bridgehead atoms. The van der Waals surface area contributed by atoms with Crippen molar-refractivity contribution in [3.63, 3.8) is 0 Å². The zero-order valence-corrected chi connectivity index (χ0v) is 14.1. The Kier molecular flexibility index (Phi) is 8.41. The molecule has 0 saturated carbocycles. The van der Waals surface area contributed by atoms with Gasteiger partial charge in [-0.05, 0) is 30.2 Å². The van der Waals surface area contributed by atoms with E-state index in [1.165, 1.54) is 25.9 Å². The second-order valence-corrected chi connectivity index (χ2v) is 6.18. The predicted octanol–water partition coefficient (Wildman–Crippen LogP) is 2.96. The van der Waals surface area contributed by atoms with Crippen LogP contribution in [0.5, 0.6) is 0 Å². The summed E-state index contributed by atoms with van der Waals surface area (Å²) in [7, 11) is 0. The lowest BCUT2D eigenvalue weighted by atomic mass is 9.89. The molecule has 1 aromatic heterocycles. The van der Waals surface area contributed by atoms with Crippen molar-refractivity contribution in [3.05, 3.63) is 22.4 Å². The molecule has 2 fully saturated rings. The molecular formula is C14H24Cl2N2OS. The second kappa shape index (κ2) is 9.23. The van der Waals surface area contributed by atoms with Crippen molar-refractivity contribution in [3.8, 4) is 0 Å². The van der Waals surface area contributed by atoms with Crippen LogP contribution in [0.3, 0.4) is 0 Å². The Hall–Kier alpha value is 0.160. The third-order valence-corrected chi connectivity index (χ3v) is 5.04. The van der Waals surface area contributed by atoms with Crippen molar-refractivity contribution in [2.75, 3.05) is 39.4 Å². The number of hydrogen-bond donors (Lipinski definition) is 1. The summed E-state index contributed by atoms with van der Waals surface area (Å²) < 4.78 is 5.53. The van der Waals surface area contributed by atoms with Crippen molar-refractivity contribution in [1.82, 2.24) is 10.2 Å². The van der Waals surface area contributed by atoms with E-state index in [1.807, 2.05) is 11.3 Å². The lowest BCUT2D eigenvalue weighted by molar-refractivity contribution is 0.0223. The quantitative estimate of drug-likeness (QED) is 0.916. The SMILES string of the molecule is Cl.Cl.c1csc([C@@H](C2CCOCC2)N2CCNCC2)c1. The maximum Gasteiger partial charge on any atom is 0.0472 e. The maximum atomic E-state index is 5.53. The number of halogens is 2. The second-order valence-electron chi connectivity index (χ2n) is 5.20. The summed E-state index contributed by atoms with van der Waals surface area (Å²) in [5.41, 5.74) is 0. The third-order valence-electron chi connectivity index (χ3n) is 4.09. The van der Waals surface area contributed by atoms with E-state index in [1.54, 1.807) is 4.88 Å². The van der Waals surface area contributed by atoms with Crippen LogP contribution in [-0.4, -0.2) is 44.3 Å². The smallest absolute Gasteiger partial charge is 0.0472 e. The van der Waals surface area contributed by atoms with Gasteiger partial charge in [0.15, 0.2) is 0 Å². The normalized spacial score (nSPS) is 22.6. The van der Waals surface area contributed by atoms with Crippen LogP contribution in [0.1, 0.15) is 23.8 Å². The Labute approximate surface area is 137 Å². The number of nitrogens with one attached hydrogen (secondary N) is 1. The van der Waals surface area contributed by atoms with Gasteiger partial charge in [0.1, 0.15) is 0 Å². The van der Waals surface area contributed by atoms with E-state index in [-0.39, 0.29) is 24.8 Å². The highest BCUT2D eigenvalue weighted by molar-refractivity contribution is 7.10. The van der Waals surface area contributed by atoms with Gasteiger partial charge in [0.25, 0.3) is 0 Å². The minimum Gasteiger partial charge on any atom is -0.381 e. The Morgan fingerprint density at radius 2 is 1.90 bits per heavy atom. The topological polar surface area (TPSA) is 24.5 Å². The lowest BCUT2D eigenvalue weighted by Crippen LogP contribution is -2.47. The van der Waals surface area contributed by atoms with Gasteiger partial charge in [-0.3, -0.25) is 4.90 Å². The molecule has 2 aliphatic heterocycles. The van der Waals surface area contributed by atoms with Crippen molar-refractivity contribution in [2.24, 2.45) is 5.92 Å². The van der Waals surface area contributed by atoms with Gasteiger partial charge < -0.3 is 10.1 Å². The molecular weight excluding hydrogens is 315 g/mol. The van der Waals surface area contributed by atoms with Crippen molar-refractivity contribution < 1.29 is 4.74 Å². The van der Waals surface area contributed by atoms with Crippen molar-refractivity contribution in [2.45, 2.75) is 18.9 Å². The molecule has 3 heterocycles. The molecule has 0 aromatic carbocycles. The van der Waals surface area contributed by atoms with Crippen LogP contribution < -0.4 is 5.32 Å². The highest BCUT2D eigenvalue weighted by atomic mass is 35.5. The van der Waals surface area contributed by atoms with Crippen LogP contribution in [0.4, 0.5) is 0 Å². The average Bonchev–Trinajstić information content (AvgIpc) is 2.95. The van der Waals surface area contributed by atoms with E-state index < -0.39 is 0 Å². The average molecular weight is 339 g/mol. The molecule has 0 unspecified atom stereocenters. The van der Waals surface area contributed by atoms with Gasteiger partial charge in [0.2, 0.25) is 0 Å².